The van der Waals surface area contributed by atoms with Crippen molar-refractivity contribution < 1.29 is 4.42 Å². The van der Waals surface area contributed by atoms with Crippen LogP contribution in [0.2, 0.25) is 0 Å². The monoisotopic (exact) mass is 286 g/mol. The number of thiazole rings is 1. The van der Waals surface area contributed by atoms with Crippen LogP contribution < -0.4 is 5.32 Å². The van der Waals surface area contributed by atoms with E-state index in [-0.39, 0.29) is 6.04 Å². The first-order valence-corrected chi connectivity index (χ1v) is 7.27. The Morgan fingerprint density at radius 3 is 2.80 bits per heavy atom. The molecule has 102 valence electrons. The molecule has 1 atom stereocenters. The van der Waals surface area contributed by atoms with E-state index in [1.807, 2.05) is 30.3 Å². The molecule has 20 heavy (non-hydrogen) atoms. The van der Waals surface area contributed by atoms with Crippen LogP contribution in [0, 0.1) is 0 Å². The van der Waals surface area contributed by atoms with Crippen molar-refractivity contribution in [2.24, 2.45) is 0 Å². The molecule has 1 N–H and O–H groups in total. The second-order valence-electron chi connectivity index (χ2n) is 4.21. The summed E-state index contributed by atoms with van der Waals surface area (Å²) in [7, 11) is 0. The third-order valence-electron chi connectivity index (χ3n) is 2.87. The normalized spacial score (nSPS) is 12.4. The molecular formula is C14H14N4OS. The number of hydrogen-bond donors (Lipinski definition) is 1. The average Bonchev–Trinajstić information content (AvgIpc) is 3.16. The van der Waals surface area contributed by atoms with E-state index in [9.17, 15) is 0 Å². The zero-order chi connectivity index (χ0) is 13.8. The van der Waals surface area contributed by atoms with Crippen molar-refractivity contribution in [3.8, 4) is 10.8 Å². The summed E-state index contributed by atoms with van der Waals surface area (Å²) < 4.78 is 5.78. The Hall–Kier alpha value is -2.05. The predicted octanol–water partition coefficient (Wildman–Crippen LogP) is 2.89. The highest BCUT2D eigenvalue weighted by Crippen LogP contribution is 2.26. The maximum Gasteiger partial charge on any atom is 0.259 e. The Labute approximate surface area is 120 Å². The van der Waals surface area contributed by atoms with Crippen molar-refractivity contribution in [2.75, 3.05) is 6.54 Å². The Morgan fingerprint density at radius 1 is 1.25 bits per heavy atom. The lowest BCUT2D eigenvalue weighted by Gasteiger charge is -2.13. The summed E-state index contributed by atoms with van der Waals surface area (Å²) in [6, 6.07) is 9.99. The van der Waals surface area contributed by atoms with Crippen LogP contribution >= 0.6 is 11.3 Å². The van der Waals surface area contributed by atoms with E-state index in [4.69, 9.17) is 4.42 Å². The minimum atomic E-state index is -0.0876. The molecule has 0 fully saturated rings. The molecule has 0 aliphatic carbocycles. The first-order chi connectivity index (χ1) is 9.88. The molecule has 0 saturated heterocycles. The van der Waals surface area contributed by atoms with Gasteiger partial charge in [-0.3, -0.25) is 4.98 Å². The molecule has 0 aliphatic rings. The number of hydrogen-bond acceptors (Lipinski definition) is 6. The van der Waals surface area contributed by atoms with E-state index < -0.39 is 0 Å². The smallest absolute Gasteiger partial charge is 0.259 e. The van der Waals surface area contributed by atoms with Gasteiger partial charge in [-0.2, -0.15) is 0 Å². The molecule has 3 aromatic rings. The van der Waals surface area contributed by atoms with Crippen LogP contribution in [-0.2, 0) is 0 Å². The van der Waals surface area contributed by atoms with Gasteiger partial charge < -0.3 is 9.73 Å². The molecule has 0 amide bonds. The topological polar surface area (TPSA) is 63.8 Å². The van der Waals surface area contributed by atoms with Crippen LogP contribution in [0.15, 0.2) is 46.5 Å². The predicted molar refractivity (Wildman–Crippen MR) is 77.4 cm³/mol. The van der Waals surface area contributed by atoms with E-state index in [1.54, 1.807) is 11.7 Å². The zero-order valence-electron chi connectivity index (χ0n) is 11.0. The molecule has 3 rings (SSSR count). The van der Waals surface area contributed by atoms with Crippen LogP contribution in [-0.4, -0.2) is 21.7 Å². The van der Waals surface area contributed by atoms with Crippen LogP contribution in [0.4, 0.5) is 0 Å². The van der Waals surface area contributed by atoms with E-state index in [1.165, 1.54) is 11.3 Å². The van der Waals surface area contributed by atoms with Crippen molar-refractivity contribution in [3.63, 3.8) is 0 Å². The van der Waals surface area contributed by atoms with Gasteiger partial charge in [0.25, 0.3) is 5.89 Å². The van der Waals surface area contributed by atoms with Crippen LogP contribution in [0.5, 0.6) is 0 Å². The number of rotatable bonds is 5. The number of benzene rings is 1. The maximum absolute atomic E-state index is 5.78. The SMILES string of the molecule is CCNC(c1ccccc1)c1nnc(-c2cncs2)o1. The second-order valence-corrected chi connectivity index (χ2v) is 5.10. The fourth-order valence-electron chi connectivity index (χ4n) is 1.97. The first kappa shape index (κ1) is 13.0. The van der Waals surface area contributed by atoms with Gasteiger partial charge in [0.1, 0.15) is 10.9 Å². The number of nitrogens with zero attached hydrogens (tertiary/aromatic N) is 3. The van der Waals surface area contributed by atoms with Crippen LogP contribution in [0.25, 0.3) is 10.8 Å². The van der Waals surface area contributed by atoms with Gasteiger partial charge >= 0.3 is 0 Å². The van der Waals surface area contributed by atoms with Crippen molar-refractivity contribution in [3.05, 3.63) is 53.5 Å². The minimum Gasteiger partial charge on any atom is -0.418 e. The van der Waals surface area contributed by atoms with E-state index >= 15 is 0 Å². The van der Waals surface area contributed by atoms with Crippen molar-refractivity contribution in [1.82, 2.24) is 20.5 Å². The summed E-state index contributed by atoms with van der Waals surface area (Å²) in [4.78, 5) is 4.90. The lowest BCUT2D eigenvalue weighted by Crippen LogP contribution is -2.22. The van der Waals surface area contributed by atoms with Gasteiger partial charge in [0.05, 0.1) is 11.7 Å². The summed E-state index contributed by atoms with van der Waals surface area (Å²) in [5.74, 6) is 1.09. The molecule has 2 heterocycles. The summed E-state index contributed by atoms with van der Waals surface area (Å²) in [5.41, 5.74) is 2.85. The molecule has 5 nitrogen and oxygen atoms in total. The third-order valence-corrected chi connectivity index (χ3v) is 3.63. The van der Waals surface area contributed by atoms with E-state index in [2.05, 4.69) is 27.4 Å². The lowest BCUT2D eigenvalue weighted by molar-refractivity contribution is 0.445. The lowest BCUT2D eigenvalue weighted by atomic mass is 10.1. The molecule has 0 bridgehead atoms. The van der Waals surface area contributed by atoms with Gasteiger partial charge in [-0.15, -0.1) is 21.5 Å². The van der Waals surface area contributed by atoms with Gasteiger partial charge in [0.2, 0.25) is 5.89 Å². The molecule has 1 aromatic carbocycles. The second kappa shape index (κ2) is 5.94. The number of aromatic nitrogens is 3. The molecule has 0 aliphatic heterocycles. The van der Waals surface area contributed by atoms with Crippen molar-refractivity contribution in [2.45, 2.75) is 13.0 Å². The number of nitrogens with one attached hydrogen (secondary N) is 1. The summed E-state index contributed by atoms with van der Waals surface area (Å²) >= 11 is 1.48. The Kier molecular flexibility index (Phi) is 3.85. The zero-order valence-corrected chi connectivity index (χ0v) is 11.8. The maximum atomic E-state index is 5.78. The molecule has 0 spiro atoms. The van der Waals surface area contributed by atoms with Crippen LogP contribution in [0.1, 0.15) is 24.4 Å². The molecule has 6 heteroatoms. The van der Waals surface area contributed by atoms with E-state index in [0.29, 0.717) is 11.8 Å². The average molecular weight is 286 g/mol. The Morgan fingerprint density at radius 2 is 2.10 bits per heavy atom. The van der Waals surface area contributed by atoms with Crippen molar-refractivity contribution >= 4 is 11.3 Å². The fourth-order valence-corrected chi connectivity index (χ4v) is 2.51. The Bertz CT molecular complexity index is 651. The van der Waals surface area contributed by atoms with Gasteiger partial charge in [0.15, 0.2) is 0 Å². The van der Waals surface area contributed by atoms with Gasteiger partial charge in [-0.25, -0.2) is 0 Å². The molecular weight excluding hydrogens is 272 g/mol. The van der Waals surface area contributed by atoms with Crippen molar-refractivity contribution in [1.29, 1.82) is 0 Å². The molecule has 1 unspecified atom stereocenters. The van der Waals surface area contributed by atoms with Crippen LogP contribution in [0.3, 0.4) is 0 Å². The molecule has 0 saturated carbocycles. The van der Waals surface area contributed by atoms with E-state index in [0.717, 1.165) is 17.0 Å². The summed E-state index contributed by atoms with van der Waals surface area (Å²) in [5, 5.41) is 11.6. The highest BCUT2D eigenvalue weighted by Gasteiger charge is 2.20. The summed E-state index contributed by atoms with van der Waals surface area (Å²) in [6.45, 7) is 2.87. The standard InChI is InChI=1S/C14H14N4OS/c1-2-16-12(10-6-4-3-5-7-10)14-18-17-13(19-14)11-8-15-9-20-11/h3-9,12,16H,2H2,1H3. The molecule has 2 aromatic heterocycles. The largest absolute Gasteiger partial charge is 0.418 e. The van der Waals surface area contributed by atoms with Gasteiger partial charge in [-0.05, 0) is 12.1 Å². The van der Waals surface area contributed by atoms with Gasteiger partial charge in [-0.1, -0.05) is 37.3 Å². The quantitative estimate of drug-likeness (QED) is 0.781. The first-order valence-electron chi connectivity index (χ1n) is 6.39. The molecule has 0 radical (unpaired) electrons. The van der Waals surface area contributed by atoms with Gasteiger partial charge in [0, 0.05) is 0 Å². The summed E-state index contributed by atoms with van der Waals surface area (Å²) in [6.07, 6.45) is 1.73. The minimum absolute atomic E-state index is 0.0876. The fraction of sp³-hybridized carbons (Fsp3) is 0.214. The Balaban J connectivity index is 1.92. The third kappa shape index (κ3) is 2.61. The highest BCUT2D eigenvalue weighted by molar-refractivity contribution is 7.13. The highest BCUT2D eigenvalue weighted by atomic mass is 32.1.